The van der Waals surface area contributed by atoms with E-state index in [4.69, 9.17) is 0 Å². The largest absolute Gasteiger partial charge is 0.371 e. The van der Waals surface area contributed by atoms with Crippen molar-refractivity contribution in [1.82, 2.24) is 9.47 Å². The summed E-state index contributed by atoms with van der Waals surface area (Å²) in [5.74, 6) is 0. The van der Waals surface area contributed by atoms with Gasteiger partial charge in [0, 0.05) is 49.5 Å². The fourth-order valence-electron chi connectivity index (χ4n) is 5.58. The summed E-state index contributed by atoms with van der Waals surface area (Å²) in [4.78, 5) is 9.63. The van der Waals surface area contributed by atoms with Crippen molar-refractivity contribution in [2.24, 2.45) is 4.99 Å². The number of aromatic nitrogens is 1. The molecule has 164 valence electrons. The SMILES string of the molecule is C=C(c1cccc(C)c1N=CC)N1CCC2(CC1)c1cccn1-c1ccc(C)cc1N2C. The zero-order valence-corrected chi connectivity index (χ0v) is 19.6. The average molecular weight is 425 g/mol. The molecule has 1 fully saturated rings. The smallest absolute Gasteiger partial charge is 0.0838 e. The zero-order chi connectivity index (χ0) is 22.5. The number of benzene rings is 2. The van der Waals surface area contributed by atoms with Gasteiger partial charge in [0.15, 0.2) is 0 Å². The molecule has 0 saturated carbocycles. The summed E-state index contributed by atoms with van der Waals surface area (Å²) in [5.41, 5.74) is 9.73. The second-order valence-electron chi connectivity index (χ2n) is 9.14. The highest BCUT2D eigenvalue weighted by Gasteiger charge is 2.45. The molecule has 0 atom stereocenters. The van der Waals surface area contributed by atoms with Crippen LogP contribution in [-0.2, 0) is 5.54 Å². The Kier molecular flexibility index (Phi) is 4.96. The molecule has 1 spiro atoms. The van der Waals surface area contributed by atoms with Gasteiger partial charge in [-0.3, -0.25) is 4.99 Å². The van der Waals surface area contributed by atoms with Crippen molar-refractivity contribution in [1.29, 1.82) is 0 Å². The van der Waals surface area contributed by atoms with Crippen LogP contribution < -0.4 is 4.90 Å². The maximum atomic E-state index is 4.65. The highest BCUT2D eigenvalue weighted by atomic mass is 15.3. The first kappa shape index (κ1) is 20.6. The third kappa shape index (κ3) is 3.01. The predicted octanol–water partition coefficient (Wildman–Crippen LogP) is 6.23. The van der Waals surface area contributed by atoms with Crippen LogP contribution in [0, 0.1) is 13.8 Å². The lowest BCUT2D eigenvalue weighted by molar-refractivity contribution is 0.205. The van der Waals surface area contributed by atoms with Crippen LogP contribution in [0.4, 0.5) is 11.4 Å². The topological polar surface area (TPSA) is 23.8 Å². The predicted molar refractivity (Wildman–Crippen MR) is 135 cm³/mol. The first-order chi connectivity index (χ1) is 15.5. The Morgan fingerprint density at radius 1 is 1.03 bits per heavy atom. The minimum Gasteiger partial charge on any atom is -0.371 e. The summed E-state index contributed by atoms with van der Waals surface area (Å²) in [7, 11) is 2.27. The Labute approximate surface area is 191 Å². The molecule has 5 rings (SSSR count). The number of aryl methyl sites for hydroxylation is 2. The molecule has 3 heterocycles. The maximum Gasteiger partial charge on any atom is 0.0838 e. The Morgan fingerprint density at radius 2 is 1.81 bits per heavy atom. The minimum absolute atomic E-state index is 0.00191. The third-order valence-electron chi connectivity index (χ3n) is 7.40. The van der Waals surface area contributed by atoms with Crippen LogP contribution >= 0.6 is 0 Å². The van der Waals surface area contributed by atoms with Crippen molar-refractivity contribution in [3.8, 4) is 5.69 Å². The summed E-state index contributed by atoms with van der Waals surface area (Å²) in [6.07, 6.45) is 6.19. The molecule has 2 aromatic carbocycles. The van der Waals surface area contributed by atoms with Crippen LogP contribution in [-0.4, -0.2) is 35.8 Å². The van der Waals surface area contributed by atoms with Gasteiger partial charge < -0.3 is 14.4 Å². The van der Waals surface area contributed by atoms with Gasteiger partial charge in [0.2, 0.25) is 0 Å². The number of piperidine rings is 1. The Hall–Kier alpha value is -3.27. The van der Waals surface area contributed by atoms with E-state index in [-0.39, 0.29) is 5.54 Å². The lowest BCUT2D eigenvalue weighted by Gasteiger charge is -2.52. The van der Waals surface area contributed by atoms with Gasteiger partial charge in [-0.25, -0.2) is 0 Å². The first-order valence-corrected chi connectivity index (χ1v) is 11.5. The van der Waals surface area contributed by atoms with E-state index < -0.39 is 0 Å². The molecule has 0 bridgehead atoms. The van der Waals surface area contributed by atoms with Gasteiger partial charge in [-0.2, -0.15) is 0 Å². The van der Waals surface area contributed by atoms with E-state index in [9.17, 15) is 0 Å². The van der Waals surface area contributed by atoms with E-state index in [0.29, 0.717) is 0 Å². The number of hydrogen-bond acceptors (Lipinski definition) is 3. The molecule has 2 aliphatic heterocycles. The fourth-order valence-corrected chi connectivity index (χ4v) is 5.58. The van der Waals surface area contributed by atoms with Gasteiger partial charge in [0.25, 0.3) is 0 Å². The van der Waals surface area contributed by atoms with Gasteiger partial charge in [-0.1, -0.05) is 30.8 Å². The summed E-state index contributed by atoms with van der Waals surface area (Å²) >= 11 is 0. The van der Waals surface area contributed by atoms with Crippen LogP contribution in [0.15, 0.2) is 66.3 Å². The molecule has 0 unspecified atom stereocenters. The van der Waals surface area contributed by atoms with Crippen LogP contribution in [0.5, 0.6) is 0 Å². The molecule has 4 heteroatoms. The maximum absolute atomic E-state index is 4.65. The van der Waals surface area contributed by atoms with Gasteiger partial charge in [-0.05, 0) is 69.0 Å². The second kappa shape index (κ2) is 7.70. The Balaban J connectivity index is 1.46. The van der Waals surface area contributed by atoms with Crippen LogP contribution in [0.2, 0.25) is 0 Å². The number of aliphatic imine (C=N–C) groups is 1. The lowest BCUT2D eigenvalue weighted by Crippen LogP contribution is -2.54. The van der Waals surface area contributed by atoms with Gasteiger partial charge in [-0.15, -0.1) is 0 Å². The van der Waals surface area contributed by atoms with Gasteiger partial charge in [0.1, 0.15) is 0 Å². The van der Waals surface area contributed by atoms with Gasteiger partial charge >= 0.3 is 0 Å². The summed E-state index contributed by atoms with van der Waals surface area (Å²) < 4.78 is 2.40. The number of fused-ring (bicyclic) bond motifs is 4. The fraction of sp³-hybridized carbons (Fsp3) is 0.321. The first-order valence-electron chi connectivity index (χ1n) is 11.5. The standard InChI is InChI=1S/C28H32N4/c1-6-29-27-21(3)9-7-10-23(27)22(4)31-17-14-28(15-18-31)26-11-8-16-32(26)24-13-12-20(2)19-25(24)30(28)5/h6-13,16,19H,4,14-15,17-18H2,1-3,5H3. The molecule has 32 heavy (non-hydrogen) atoms. The molecule has 0 N–H and O–H groups in total. The quantitative estimate of drug-likeness (QED) is 0.466. The normalized spacial score (nSPS) is 17.0. The Morgan fingerprint density at radius 3 is 2.56 bits per heavy atom. The van der Waals surface area contributed by atoms with Crippen LogP contribution in [0.3, 0.4) is 0 Å². The molecular weight excluding hydrogens is 392 g/mol. The van der Waals surface area contributed by atoms with Crippen LogP contribution in [0.25, 0.3) is 11.4 Å². The molecule has 1 aromatic heterocycles. The van der Waals surface area contributed by atoms with E-state index in [2.05, 4.69) is 102 Å². The highest BCUT2D eigenvalue weighted by molar-refractivity contribution is 5.77. The number of rotatable bonds is 3. The molecular formula is C28H32N4. The monoisotopic (exact) mass is 424 g/mol. The number of nitrogens with zero attached hydrogens (tertiary/aromatic N) is 4. The van der Waals surface area contributed by atoms with Gasteiger partial charge in [0.05, 0.1) is 22.6 Å². The highest BCUT2D eigenvalue weighted by Crippen LogP contribution is 2.48. The van der Waals surface area contributed by atoms with E-state index in [1.807, 2.05) is 13.1 Å². The van der Waals surface area contributed by atoms with Crippen molar-refractivity contribution in [3.63, 3.8) is 0 Å². The molecule has 0 aliphatic carbocycles. The number of anilines is 1. The van der Waals surface area contributed by atoms with E-state index in [0.717, 1.165) is 42.9 Å². The average Bonchev–Trinajstić information content (AvgIpc) is 3.30. The zero-order valence-electron chi connectivity index (χ0n) is 19.6. The van der Waals surface area contributed by atoms with Crippen LogP contribution in [0.1, 0.15) is 42.1 Å². The van der Waals surface area contributed by atoms with Crippen molar-refractivity contribution >= 4 is 23.3 Å². The molecule has 0 amide bonds. The summed E-state index contributed by atoms with van der Waals surface area (Å²) in [6, 6.07) is 17.7. The van der Waals surface area contributed by atoms with Crippen molar-refractivity contribution in [2.75, 3.05) is 25.0 Å². The summed E-state index contributed by atoms with van der Waals surface area (Å²) in [6.45, 7) is 12.7. The van der Waals surface area contributed by atoms with E-state index >= 15 is 0 Å². The Bertz CT molecular complexity index is 1210. The molecule has 2 aliphatic rings. The van der Waals surface area contributed by atoms with E-state index in [1.54, 1.807) is 0 Å². The van der Waals surface area contributed by atoms with Crippen molar-refractivity contribution < 1.29 is 0 Å². The van der Waals surface area contributed by atoms with Crippen molar-refractivity contribution in [2.45, 2.75) is 39.2 Å². The molecule has 1 saturated heterocycles. The lowest BCUT2D eigenvalue weighted by atomic mass is 9.80. The second-order valence-corrected chi connectivity index (χ2v) is 9.14. The number of hydrogen-bond donors (Lipinski definition) is 0. The third-order valence-corrected chi connectivity index (χ3v) is 7.40. The molecule has 3 aromatic rings. The summed E-state index contributed by atoms with van der Waals surface area (Å²) in [5, 5.41) is 0. The molecule has 0 radical (unpaired) electrons. The van der Waals surface area contributed by atoms with Crippen molar-refractivity contribution in [3.05, 3.63) is 83.7 Å². The minimum atomic E-state index is -0.00191. The number of para-hydroxylation sites is 1. The molecule has 4 nitrogen and oxygen atoms in total. The number of likely N-dealkylation sites (tertiary alicyclic amines) is 1. The van der Waals surface area contributed by atoms with E-state index in [1.165, 1.54) is 28.2 Å².